The molecule has 5 aromatic carbocycles. The monoisotopic (exact) mass is 621 g/mol. The van der Waals surface area contributed by atoms with E-state index in [1.807, 2.05) is 66.7 Å². The van der Waals surface area contributed by atoms with Crippen molar-refractivity contribution in [1.82, 2.24) is 4.57 Å². The van der Waals surface area contributed by atoms with Gasteiger partial charge in [-0.2, -0.15) is 0 Å². The summed E-state index contributed by atoms with van der Waals surface area (Å²) >= 11 is 1.33. The standard InChI is InChI=1S/C38H27N3O4S/c42-37-34(21-24-8-5-15-30(20-24)45-23-28-13-6-11-25-9-1-3-16-31(25)28)46-38-39-35-32-17-4-2-10-26(32)18-19-33(35)36(40(37)38)27-12-7-14-29(22-27)41(43)44/h1-17,20-22,36H,18-19,23H2/b34-21+/t36-/m1/s1. The number of nitrogens with zero attached hydrogens (tertiary/aromatic N) is 3. The molecule has 0 amide bonds. The lowest BCUT2D eigenvalue weighted by Crippen LogP contribution is -2.38. The van der Waals surface area contributed by atoms with Crippen LogP contribution < -0.4 is 19.6 Å². The molecule has 0 N–H and O–H groups in total. The number of non-ortho nitro benzene ring substituents is 1. The van der Waals surface area contributed by atoms with Crippen LogP contribution in [0.2, 0.25) is 0 Å². The molecule has 1 aromatic heterocycles. The maximum Gasteiger partial charge on any atom is 0.271 e. The van der Waals surface area contributed by atoms with Gasteiger partial charge in [0.1, 0.15) is 12.4 Å². The van der Waals surface area contributed by atoms with Gasteiger partial charge in [-0.3, -0.25) is 19.5 Å². The number of aromatic nitrogens is 1. The zero-order chi connectivity index (χ0) is 31.2. The highest BCUT2D eigenvalue weighted by atomic mass is 32.1. The molecule has 7 nitrogen and oxygen atoms in total. The third kappa shape index (κ3) is 4.93. The number of hydrogen-bond acceptors (Lipinski definition) is 6. The first-order chi connectivity index (χ1) is 22.5. The molecule has 0 radical (unpaired) electrons. The van der Waals surface area contributed by atoms with Crippen molar-refractivity contribution in [2.45, 2.75) is 25.5 Å². The van der Waals surface area contributed by atoms with Gasteiger partial charge in [-0.05, 0) is 69.6 Å². The first kappa shape index (κ1) is 27.9. The van der Waals surface area contributed by atoms with Gasteiger partial charge in [0.05, 0.1) is 21.2 Å². The van der Waals surface area contributed by atoms with E-state index in [1.54, 1.807) is 16.7 Å². The second-order valence-corrected chi connectivity index (χ2v) is 12.5. The van der Waals surface area contributed by atoms with E-state index in [2.05, 4.69) is 36.4 Å². The van der Waals surface area contributed by atoms with E-state index in [-0.39, 0.29) is 11.2 Å². The number of aryl methyl sites for hydroxylation is 1. The average Bonchev–Trinajstić information content (AvgIpc) is 3.40. The lowest BCUT2D eigenvalue weighted by molar-refractivity contribution is -0.384. The van der Waals surface area contributed by atoms with Crippen molar-refractivity contribution in [3.63, 3.8) is 0 Å². The van der Waals surface area contributed by atoms with Crippen molar-refractivity contribution in [3.05, 3.63) is 178 Å². The molecule has 8 heteroatoms. The van der Waals surface area contributed by atoms with E-state index >= 15 is 0 Å². The van der Waals surface area contributed by atoms with E-state index in [9.17, 15) is 14.9 Å². The largest absolute Gasteiger partial charge is 0.489 e. The second kappa shape index (κ2) is 11.4. The Bertz CT molecular complexity index is 2400. The number of benzene rings is 5. The maximum absolute atomic E-state index is 14.2. The van der Waals surface area contributed by atoms with Gasteiger partial charge in [0, 0.05) is 17.7 Å². The molecule has 0 saturated carbocycles. The van der Waals surface area contributed by atoms with Crippen LogP contribution >= 0.6 is 11.3 Å². The Morgan fingerprint density at radius 2 is 1.72 bits per heavy atom. The summed E-state index contributed by atoms with van der Waals surface area (Å²) in [6.07, 6.45) is 3.39. The summed E-state index contributed by atoms with van der Waals surface area (Å²) in [6.45, 7) is 0.420. The van der Waals surface area contributed by atoms with E-state index in [0.717, 1.165) is 39.8 Å². The van der Waals surface area contributed by atoms with E-state index in [0.29, 0.717) is 33.7 Å². The summed E-state index contributed by atoms with van der Waals surface area (Å²) in [5, 5.41) is 14.0. The molecule has 6 aromatic rings. The Kier molecular flexibility index (Phi) is 6.92. The Morgan fingerprint density at radius 3 is 2.63 bits per heavy atom. The van der Waals surface area contributed by atoms with E-state index < -0.39 is 11.0 Å². The minimum Gasteiger partial charge on any atom is -0.489 e. The lowest BCUT2D eigenvalue weighted by atomic mass is 9.83. The van der Waals surface area contributed by atoms with Crippen LogP contribution in [-0.4, -0.2) is 9.49 Å². The SMILES string of the molecule is O=c1/c(=C\c2cccc(OCc3cccc4ccccc34)c2)sc2n1[C@H](c1cccc([N+](=O)[O-])c1)C1=C(N=2)c2ccccc2CC1. The number of rotatable bonds is 6. The van der Waals surface area contributed by atoms with Gasteiger partial charge in [-0.15, -0.1) is 0 Å². The Morgan fingerprint density at radius 1 is 0.913 bits per heavy atom. The molecule has 1 aliphatic carbocycles. The molecule has 2 heterocycles. The third-order valence-corrected chi connectivity index (χ3v) is 9.68. The summed E-state index contributed by atoms with van der Waals surface area (Å²) in [4.78, 5) is 31.1. The van der Waals surface area contributed by atoms with Crippen molar-refractivity contribution >= 4 is 39.6 Å². The minimum atomic E-state index is -0.489. The zero-order valence-electron chi connectivity index (χ0n) is 24.6. The van der Waals surface area contributed by atoms with Crippen molar-refractivity contribution < 1.29 is 9.66 Å². The highest BCUT2D eigenvalue weighted by Gasteiger charge is 2.33. The Balaban J connectivity index is 1.20. The van der Waals surface area contributed by atoms with Crippen molar-refractivity contribution in [2.75, 3.05) is 0 Å². The normalized spacial score (nSPS) is 15.6. The maximum atomic E-state index is 14.2. The van der Waals surface area contributed by atoms with Gasteiger partial charge in [0.15, 0.2) is 4.80 Å². The highest BCUT2D eigenvalue weighted by Crippen LogP contribution is 2.41. The van der Waals surface area contributed by atoms with Crippen molar-refractivity contribution in [2.24, 2.45) is 4.99 Å². The molecule has 1 atom stereocenters. The lowest BCUT2D eigenvalue weighted by Gasteiger charge is -2.30. The molecule has 224 valence electrons. The molecule has 0 unspecified atom stereocenters. The van der Waals surface area contributed by atoms with Gasteiger partial charge in [0.25, 0.3) is 11.2 Å². The first-order valence-electron chi connectivity index (χ1n) is 15.1. The van der Waals surface area contributed by atoms with Crippen LogP contribution in [0.25, 0.3) is 22.5 Å². The fourth-order valence-corrected chi connectivity index (χ4v) is 7.56. The third-order valence-electron chi connectivity index (χ3n) is 8.70. The Hall–Kier alpha value is -5.60. The van der Waals surface area contributed by atoms with Gasteiger partial charge >= 0.3 is 0 Å². The molecule has 0 saturated heterocycles. The molecule has 1 aliphatic heterocycles. The van der Waals surface area contributed by atoms with Gasteiger partial charge in [-0.25, -0.2) is 4.99 Å². The second-order valence-electron chi connectivity index (χ2n) is 11.5. The number of ether oxygens (including phenoxy) is 1. The Labute approximate surface area is 267 Å². The summed E-state index contributed by atoms with van der Waals surface area (Å²) in [5.41, 5.74) is 6.58. The number of nitro benzene ring substituents is 1. The van der Waals surface area contributed by atoms with Crippen LogP contribution in [0.4, 0.5) is 5.69 Å². The van der Waals surface area contributed by atoms with Gasteiger partial charge < -0.3 is 4.74 Å². The quantitative estimate of drug-likeness (QED) is 0.149. The molecule has 0 fully saturated rings. The summed E-state index contributed by atoms with van der Waals surface area (Å²) < 4.78 is 8.46. The molecular formula is C38H27N3O4S. The van der Waals surface area contributed by atoms with Crippen LogP contribution in [0, 0.1) is 10.1 Å². The molecular weight excluding hydrogens is 595 g/mol. The number of thiazole rings is 1. The number of allylic oxidation sites excluding steroid dienone is 1. The van der Waals surface area contributed by atoms with Crippen molar-refractivity contribution in [3.8, 4) is 5.75 Å². The molecule has 8 rings (SSSR count). The predicted molar refractivity (Wildman–Crippen MR) is 181 cm³/mol. The van der Waals surface area contributed by atoms with Crippen molar-refractivity contribution in [1.29, 1.82) is 0 Å². The zero-order valence-corrected chi connectivity index (χ0v) is 25.4. The number of nitro groups is 1. The van der Waals surface area contributed by atoms with Crippen LogP contribution in [0.1, 0.15) is 40.3 Å². The minimum absolute atomic E-state index is 0.00435. The summed E-state index contributed by atoms with van der Waals surface area (Å²) in [6, 6.07) is 36.5. The van der Waals surface area contributed by atoms with Gasteiger partial charge in [0.2, 0.25) is 0 Å². The predicted octanol–water partition coefficient (Wildman–Crippen LogP) is 6.96. The van der Waals surface area contributed by atoms with Crippen LogP contribution in [0.3, 0.4) is 0 Å². The fourth-order valence-electron chi connectivity index (χ4n) is 6.56. The smallest absolute Gasteiger partial charge is 0.271 e. The molecule has 0 bridgehead atoms. The van der Waals surface area contributed by atoms with Crippen LogP contribution in [0.5, 0.6) is 5.75 Å². The van der Waals surface area contributed by atoms with E-state index in [4.69, 9.17) is 9.73 Å². The highest BCUT2D eigenvalue weighted by molar-refractivity contribution is 7.07. The van der Waals surface area contributed by atoms with E-state index in [1.165, 1.54) is 28.4 Å². The molecule has 46 heavy (non-hydrogen) atoms. The fraction of sp³-hybridized carbons (Fsp3) is 0.105. The summed E-state index contributed by atoms with van der Waals surface area (Å²) in [7, 11) is 0. The van der Waals surface area contributed by atoms with Crippen LogP contribution in [-0.2, 0) is 13.0 Å². The number of hydrogen-bond donors (Lipinski definition) is 0. The number of fused-ring (bicyclic) bond motifs is 4. The molecule has 0 spiro atoms. The first-order valence-corrected chi connectivity index (χ1v) is 15.9. The topological polar surface area (TPSA) is 86.7 Å². The summed E-state index contributed by atoms with van der Waals surface area (Å²) in [5.74, 6) is 0.705. The molecule has 2 aliphatic rings. The average molecular weight is 622 g/mol. The van der Waals surface area contributed by atoms with Crippen LogP contribution in [0.15, 0.2) is 131 Å². The van der Waals surface area contributed by atoms with Gasteiger partial charge in [-0.1, -0.05) is 102 Å².